The normalized spacial score (nSPS) is 14.3. The molecule has 0 radical (unpaired) electrons. The monoisotopic (exact) mass is 271 g/mol. The van der Waals surface area contributed by atoms with Gasteiger partial charge in [0.2, 0.25) is 6.79 Å². The first kappa shape index (κ1) is 12.7. The first-order valence-corrected chi connectivity index (χ1v) is 5.47. The number of fused-ring (bicyclic) bond motifs is 1. The average molecular weight is 272 g/mol. The molecule has 1 heterocycles. The van der Waals surface area contributed by atoms with Gasteiger partial charge in [-0.15, -0.1) is 0 Å². The van der Waals surface area contributed by atoms with E-state index in [9.17, 15) is 9.59 Å². The van der Waals surface area contributed by atoms with Gasteiger partial charge < -0.3 is 20.3 Å². The van der Waals surface area contributed by atoms with E-state index in [0.717, 1.165) is 0 Å². The van der Waals surface area contributed by atoms with Crippen LogP contribution in [0.25, 0.3) is 0 Å². The van der Waals surface area contributed by atoms with Crippen molar-refractivity contribution in [3.05, 3.63) is 22.2 Å². The molecule has 3 N–H and O–H groups in total. The molecule has 7 heteroatoms. The highest BCUT2D eigenvalue weighted by Crippen LogP contribution is 2.44. The quantitative estimate of drug-likeness (QED) is 0.802. The number of hydrogen-bond acceptors (Lipinski definition) is 5. The number of aliphatic carboxylic acids is 1. The Kier molecular flexibility index (Phi) is 3.40. The molecule has 96 valence electrons. The van der Waals surface area contributed by atoms with E-state index in [2.05, 4.69) is 0 Å². The maximum Gasteiger partial charge on any atom is 0.305 e. The first-order chi connectivity index (χ1) is 8.54. The predicted molar refractivity (Wildman–Crippen MR) is 62.1 cm³/mol. The van der Waals surface area contributed by atoms with Gasteiger partial charge in [0.25, 0.3) is 0 Å². The third kappa shape index (κ3) is 2.12. The summed E-state index contributed by atoms with van der Waals surface area (Å²) in [5, 5.41) is 8.92. The first-order valence-electron chi connectivity index (χ1n) is 5.09. The van der Waals surface area contributed by atoms with Gasteiger partial charge in [0.15, 0.2) is 17.8 Å². The number of halogens is 1. The van der Waals surface area contributed by atoms with E-state index >= 15 is 0 Å². The highest BCUT2D eigenvalue weighted by Gasteiger charge is 2.28. The topological polar surface area (TPSA) is 98.9 Å². The SMILES string of the molecule is NC(CC(=O)O)c1c(Cl)cc(C=O)c2c1OCO2. The zero-order valence-corrected chi connectivity index (χ0v) is 9.94. The number of aldehydes is 1. The lowest BCUT2D eigenvalue weighted by molar-refractivity contribution is -0.137. The van der Waals surface area contributed by atoms with E-state index in [-0.39, 0.29) is 35.3 Å². The van der Waals surface area contributed by atoms with E-state index in [1.807, 2.05) is 0 Å². The predicted octanol–water partition coefficient (Wildman–Crippen LogP) is 1.36. The number of rotatable bonds is 4. The highest BCUT2D eigenvalue weighted by atomic mass is 35.5. The average Bonchev–Trinajstić information content (AvgIpc) is 2.75. The van der Waals surface area contributed by atoms with Crippen LogP contribution in [0, 0.1) is 0 Å². The molecular formula is C11H10ClNO5. The van der Waals surface area contributed by atoms with Crippen LogP contribution in [-0.4, -0.2) is 24.2 Å². The van der Waals surface area contributed by atoms with Crippen molar-refractivity contribution in [3.63, 3.8) is 0 Å². The minimum Gasteiger partial charge on any atom is -0.481 e. The van der Waals surface area contributed by atoms with Crippen LogP contribution in [0.2, 0.25) is 5.02 Å². The Morgan fingerprint density at radius 3 is 2.83 bits per heavy atom. The summed E-state index contributed by atoms with van der Waals surface area (Å²) in [5.74, 6) is -0.547. The molecule has 1 atom stereocenters. The summed E-state index contributed by atoms with van der Waals surface area (Å²) in [6, 6.07) is 0.560. The maximum atomic E-state index is 10.9. The van der Waals surface area contributed by atoms with Crippen LogP contribution in [0.15, 0.2) is 6.07 Å². The Balaban J connectivity index is 2.51. The van der Waals surface area contributed by atoms with Gasteiger partial charge in [-0.05, 0) is 6.07 Å². The number of nitrogens with two attached hydrogens (primary N) is 1. The summed E-state index contributed by atoms with van der Waals surface area (Å²) in [4.78, 5) is 21.5. The molecule has 0 saturated heterocycles. The molecule has 0 bridgehead atoms. The molecule has 1 aromatic rings. The number of ether oxygens (including phenoxy) is 2. The third-order valence-electron chi connectivity index (χ3n) is 2.55. The molecule has 0 spiro atoms. The van der Waals surface area contributed by atoms with E-state index in [0.29, 0.717) is 11.8 Å². The number of carboxylic acid groups (broad SMARTS) is 1. The van der Waals surface area contributed by atoms with Crippen molar-refractivity contribution in [2.75, 3.05) is 6.79 Å². The lowest BCUT2D eigenvalue weighted by Crippen LogP contribution is -2.16. The number of carbonyl (C=O) groups is 2. The zero-order valence-electron chi connectivity index (χ0n) is 9.18. The minimum atomic E-state index is -1.05. The molecule has 1 aliphatic heterocycles. The zero-order chi connectivity index (χ0) is 13.3. The Labute approximate surface area is 107 Å². The van der Waals surface area contributed by atoms with Crippen LogP contribution in [-0.2, 0) is 4.79 Å². The minimum absolute atomic E-state index is 0.0523. The van der Waals surface area contributed by atoms with Gasteiger partial charge in [-0.25, -0.2) is 0 Å². The van der Waals surface area contributed by atoms with Crippen LogP contribution in [0.1, 0.15) is 28.4 Å². The van der Waals surface area contributed by atoms with Gasteiger partial charge in [0.1, 0.15) is 0 Å². The number of carbonyl (C=O) groups excluding carboxylic acids is 1. The van der Waals surface area contributed by atoms with Crippen molar-refractivity contribution in [1.82, 2.24) is 0 Å². The van der Waals surface area contributed by atoms with Crippen molar-refractivity contribution in [3.8, 4) is 11.5 Å². The fraction of sp³-hybridized carbons (Fsp3) is 0.273. The van der Waals surface area contributed by atoms with Crippen molar-refractivity contribution < 1.29 is 24.2 Å². The molecular weight excluding hydrogens is 262 g/mol. The van der Waals surface area contributed by atoms with Gasteiger partial charge in [-0.3, -0.25) is 9.59 Å². The van der Waals surface area contributed by atoms with Crippen LogP contribution in [0.4, 0.5) is 0 Å². The smallest absolute Gasteiger partial charge is 0.305 e. The number of carboxylic acids is 1. The summed E-state index contributed by atoms with van der Waals surface area (Å²) in [7, 11) is 0. The molecule has 6 nitrogen and oxygen atoms in total. The van der Waals surface area contributed by atoms with E-state index in [1.54, 1.807) is 0 Å². The Morgan fingerprint density at radius 1 is 1.56 bits per heavy atom. The van der Waals surface area contributed by atoms with E-state index < -0.39 is 12.0 Å². The van der Waals surface area contributed by atoms with Crippen molar-refractivity contribution >= 4 is 23.9 Å². The van der Waals surface area contributed by atoms with Gasteiger partial charge in [-0.1, -0.05) is 11.6 Å². The largest absolute Gasteiger partial charge is 0.481 e. The molecule has 1 unspecified atom stereocenters. The lowest BCUT2D eigenvalue weighted by atomic mass is 10.0. The van der Waals surface area contributed by atoms with Crippen molar-refractivity contribution in [2.24, 2.45) is 5.73 Å². The van der Waals surface area contributed by atoms with Gasteiger partial charge >= 0.3 is 5.97 Å². The number of hydrogen-bond donors (Lipinski definition) is 2. The maximum absolute atomic E-state index is 10.9. The Bertz CT molecular complexity index is 517. The summed E-state index contributed by atoms with van der Waals surface area (Å²) >= 11 is 6.00. The lowest BCUT2D eigenvalue weighted by Gasteiger charge is -2.15. The summed E-state index contributed by atoms with van der Waals surface area (Å²) < 4.78 is 10.4. The van der Waals surface area contributed by atoms with Crippen LogP contribution >= 0.6 is 11.6 Å². The Morgan fingerprint density at radius 2 is 2.22 bits per heavy atom. The molecule has 0 fully saturated rings. The van der Waals surface area contributed by atoms with E-state index in [1.165, 1.54) is 6.07 Å². The molecule has 1 aromatic carbocycles. The molecule has 0 amide bonds. The molecule has 1 aliphatic rings. The van der Waals surface area contributed by atoms with Crippen LogP contribution in [0.3, 0.4) is 0 Å². The molecule has 0 saturated carbocycles. The molecule has 0 aromatic heterocycles. The van der Waals surface area contributed by atoms with Gasteiger partial charge in [0, 0.05) is 11.6 Å². The Hall–Kier alpha value is -1.79. The highest BCUT2D eigenvalue weighted by molar-refractivity contribution is 6.32. The second-order valence-corrected chi connectivity index (χ2v) is 4.16. The summed E-state index contributed by atoms with van der Waals surface area (Å²) in [6.45, 7) is -0.0523. The van der Waals surface area contributed by atoms with Crippen molar-refractivity contribution in [1.29, 1.82) is 0 Å². The third-order valence-corrected chi connectivity index (χ3v) is 2.86. The second-order valence-electron chi connectivity index (χ2n) is 3.75. The molecule has 0 aliphatic carbocycles. The molecule has 2 rings (SSSR count). The second kappa shape index (κ2) is 4.83. The summed E-state index contributed by atoms with van der Waals surface area (Å²) in [5.41, 5.74) is 6.37. The standard InChI is InChI=1S/C11H10ClNO5/c12-6-1-5(3-14)10-11(18-4-17-10)9(6)7(13)2-8(15)16/h1,3,7H,2,4,13H2,(H,15,16). The van der Waals surface area contributed by atoms with Crippen molar-refractivity contribution in [2.45, 2.75) is 12.5 Å². The summed E-state index contributed by atoms with van der Waals surface area (Å²) in [6.07, 6.45) is 0.294. The van der Waals surface area contributed by atoms with Gasteiger partial charge in [-0.2, -0.15) is 0 Å². The number of benzene rings is 1. The van der Waals surface area contributed by atoms with Crippen LogP contribution in [0.5, 0.6) is 11.5 Å². The van der Waals surface area contributed by atoms with Gasteiger partial charge in [0.05, 0.1) is 17.0 Å². The van der Waals surface area contributed by atoms with Crippen LogP contribution < -0.4 is 15.2 Å². The van der Waals surface area contributed by atoms with E-state index in [4.69, 9.17) is 31.9 Å². The fourth-order valence-corrected chi connectivity index (χ4v) is 2.15. The fourth-order valence-electron chi connectivity index (χ4n) is 1.80. The molecule has 18 heavy (non-hydrogen) atoms.